The Labute approximate surface area is 122 Å². The van der Waals surface area contributed by atoms with Gasteiger partial charge in [0.25, 0.3) is 0 Å². The number of phenolic OH excluding ortho intramolecular Hbond substituents is 1. The third kappa shape index (κ3) is 2.00. The third-order valence-electron chi connectivity index (χ3n) is 4.26. The van der Waals surface area contributed by atoms with Crippen molar-refractivity contribution in [3.05, 3.63) is 35.5 Å². The lowest BCUT2D eigenvalue weighted by Crippen LogP contribution is -2.46. The molecule has 2 heterocycles. The number of allylic oxidation sites excluding steroid dienone is 1. The Bertz CT molecular complexity index is 664. The largest absolute Gasteiger partial charge is 0.508 e. The Morgan fingerprint density at radius 1 is 1.29 bits per heavy atom. The maximum Gasteiger partial charge on any atom is 0.226 e. The van der Waals surface area contributed by atoms with Crippen LogP contribution in [0.5, 0.6) is 11.5 Å². The molecule has 0 fully saturated rings. The van der Waals surface area contributed by atoms with E-state index in [1.165, 1.54) is 18.7 Å². The maximum atomic E-state index is 11.9. The van der Waals surface area contributed by atoms with Crippen LogP contribution < -0.4 is 4.74 Å². The number of carbonyl (C=O) groups excluding carboxylic acids is 2. The number of carbonyl (C=O) groups is 2. The number of nitrogens with zero attached hydrogens (tertiary/aromatic N) is 1. The summed E-state index contributed by atoms with van der Waals surface area (Å²) in [5.74, 6) is 0.345. The number of hydrogen-bond acceptors (Lipinski definition) is 4. The van der Waals surface area contributed by atoms with Gasteiger partial charge in [-0.1, -0.05) is 6.92 Å². The highest BCUT2D eigenvalue weighted by Gasteiger charge is 2.46. The fourth-order valence-electron chi connectivity index (χ4n) is 3.22. The summed E-state index contributed by atoms with van der Waals surface area (Å²) in [5, 5.41) is 9.71. The summed E-state index contributed by atoms with van der Waals surface area (Å²) >= 11 is 0. The quantitative estimate of drug-likeness (QED) is 0.859. The van der Waals surface area contributed by atoms with Crippen LogP contribution in [0.25, 0.3) is 0 Å². The fraction of sp³-hybridized carbons (Fsp3) is 0.375. The van der Waals surface area contributed by atoms with E-state index in [-0.39, 0.29) is 29.3 Å². The van der Waals surface area contributed by atoms with Gasteiger partial charge in [0.1, 0.15) is 11.5 Å². The first-order valence-corrected chi connectivity index (χ1v) is 6.91. The van der Waals surface area contributed by atoms with Crippen LogP contribution in [0.15, 0.2) is 30.0 Å². The summed E-state index contributed by atoms with van der Waals surface area (Å²) in [4.78, 5) is 25.2. The molecule has 110 valence electrons. The van der Waals surface area contributed by atoms with Crippen LogP contribution in [0.3, 0.4) is 0 Å². The highest BCUT2D eigenvalue weighted by atomic mass is 16.5. The van der Waals surface area contributed by atoms with Crippen molar-refractivity contribution in [2.45, 2.75) is 32.9 Å². The second kappa shape index (κ2) is 4.62. The van der Waals surface area contributed by atoms with Crippen molar-refractivity contribution in [3.63, 3.8) is 0 Å². The second-order valence-electron chi connectivity index (χ2n) is 5.61. The summed E-state index contributed by atoms with van der Waals surface area (Å²) in [5.41, 5.74) is 1.44. The fourth-order valence-corrected chi connectivity index (χ4v) is 3.22. The molecule has 1 aromatic carbocycles. The lowest BCUT2D eigenvalue weighted by Gasteiger charge is -2.37. The van der Waals surface area contributed by atoms with Gasteiger partial charge in [0.15, 0.2) is 12.0 Å². The van der Waals surface area contributed by atoms with E-state index in [1.807, 2.05) is 6.92 Å². The lowest BCUT2D eigenvalue weighted by atomic mass is 9.78. The van der Waals surface area contributed by atoms with Crippen LogP contribution in [0.1, 0.15) is 32.3 Å². The van der Waals surface area contributed by atoms with Crippen molar-refractivity contribution in [2.24, 2.45) is 5.92 Å². The topological polar surface area (TPSA) is 66.8 Å². The summed E-state index contributed by atoms with van der Waals surface area (Å²) in [6, 6.07) is 4.90. The number of rotatable bonds is 1. The number of aromatic hydroxyl groups is 1. The zero-order valence-corrected chi connectivity index (χ0v) is 12.2. The van der Waals surface area contributed by atoms with Crippen LogP contribution in [0.2, 0.25) is 0 Å². The van der Waals surface area contributed by atoms with Crippen LogP contribution in [0, 0.1) is 5.92 Å². The first kappa shape index (κ1) is 13.7. The van der Waals surface area contributed by atoms with Crippen LogP contribution in [0.4, 0.5) is 0 Å². The molecule has 1 aromatic rings. The number of Topliss-reactive ketones (excluding diaryl/α,β-unsaturated/α-hetero) is 1. The number of fused-ring (bicyclic) bond motifs is 3. The van der Waals surface area contributed by atoms with Crippen molar-refractivity contribution in [3.8, 4) is 11.5 Å². The van der Waals surface area contributed by atoms with Gasteiger partial charge in [-0.25, -0.2) is 0 Å². The minimum absolute atomic E-state index is 0.0548. The summed E-state index contributed by atoms with van der Waals surface area (Å²) in [7, 11) is 0. The number of amides is 1. The Hall–Kier alpha value is -2.30. The van der Waals surface area contributed by atoms with Gasteiger partial charge in [0.2, 0.25) is 5.91 Å². The smallest absolute Gasteiger partial charge is 0.226 e. The Balaban J connectivity index is 2.13. The number of phenols is 1. The number of benzene rings is 1. The summed E-state index contributed by atoms with van der Waals surface area (Å²) in [6.45, 7) is 4.90. The van der Waals surface area contributed by atoms with Crippen molar-refractivity contribution < 1.29 is 19.4 Å². The minimum atomic E-state index is -0.461. The average molecular weight is 287 g/mol. The molecule has 2 aliphatic heterocycles. The standard InChI is InChI=1S/C16H17NO4/c1-8-13(9(2)18)7-17(10(3)19)16-15(8)12-6-11(20)4-5-14(12)21-16/h4-8,15-16,20H,1-3H3/t8-,15+,16+/m0/s1. The van der Waals surface area contributed by atoms with Gasteiger partial charge in [0.05, 0.1) is 5.92 Å². The van der Waals surface area contributed by atoms with Gasteiger partial charge in [-0.15, -0.1) is 0 Å². The van der Waals surface area contributed by atoms with E-state index in [0.29, 0.717) is 11.3 Å². The number of ketones is 1. The highest BCUT2D eigenvalue weighted by molar-refractivity contribution is 5.95. The molecule has 1 N–H and O–H groups in total. The molecule has 1 amide bonds. The van der Waals surface area contributed by atoms with Crippen LogP contribution in [-0.2, 0) is 9.59 Å². The number of ether oxygens (including phenoxy) is 1. The molecule has 0 aliphatic carbocycles. The lowest BCUT2D eigenvalue weighted by molar-refractivity contribution is -0.134. The molecular weight excluding hydrogens is 270 g/mol. The Kier molecular flexibility index (Phi) is 3.01. The molecule has 0 aromatic heterocycles. The summed E-state index contributed by atoms with van der Waals surface area (Å²) < 4.78 is 5.88. The summed E-state index contributed by atoms with van der Waals surface area (Å²) in [6.07, 6.45) is 1.14. The Morgan fingerprint density at radius 2 is 2.00 bits per heavy atom. The van der Waals surface area contributed by atoms with Crippen molar-refractivity contribution in [1.82, 2.24) is 4.90 Å². The van der Waals surface area contributed by atoms with Crippen LogP contribution >= 0.6 is 0 Å². The maximum absolute atomic E-state index is 11.9. The molecule has 0 saturated carbocycles. The second-order valence-corrected chi connectivity index (χ2v) is 5.61. The minimum Gasteiger partial charge on any atom is -0.508 e. The molecule has 0 saturated heterocycles. The Morgan fingerprint density at radius 3 is 2.62 bits per heavy atom. The van der Waals surface area contributed by atoms with Gasteiger partial charge in [0, 0.05) is 24.3 Å². The first-order valence-electron chi connectivity index (χ1n) is 6.91. The van der Waals surface area contributed by atoms with E-state index >= 15 is 0 Å². The van der Waals surface area contributed by atoms with E-state index in [9.17, 15) is 14.7 Å². The van der Waals surface area contributed by atoms with Gasteiger partial charge < -0.3 is 9.84 Å². The predicted molar refractivity (Wildman–Crippen MR) is 75.7 cm³/mol. The monoisotopic (exact) mass is 287 g/mol. The zero-order chi connectivity index (χ0) is 15.3. The van der Waals surface area contributed by atoms with E-state index in [0.717, 1.165) is 5.56 Å². The van der Waals surface area contributed by atoms with Gasteiger partial charge in [-0.3, -0.25) is 14.5 Å². The first-order chi connectivity index (χ1) is 9.90. The molecule has 5 nitrogen and oxygen atoms in total. The molecule has 2 aliphatic rings. The van der Waals surface area contributed by atoms with E-state index < -0.39 is 6.23 Å². The van der Waals surface area contributed by atoms with Gasteiger partial charge >= 0.3 is 0 Å². The highest BCUT2D eigenvalue weighted by Crippen LogP contribution is 2.49. The van der Waals surface area contributed by atoms with E-state index in [1.54, 1.807) is 24.4 Å². The van der Waals surface area contributed by atoms with Crippen LogP contribution in [-0.4, -0.2) is 27.9 Å². The van der Waals surface area contributed by atoms with Crippen molar-refractivity contribution >= 4 is 11.7 Å². The molecule has 21 heavy (non-hydrogen) atoms. The van der Waals surface area contributed by atoms with E-state index in [2.05, 4.69) is 0 Å². The molecular formula is C16H17NO4. The molecule has 3 atom stereocenters. The molecule has 3 rings (SSSR count). The SMILES string of the molecule is CC(=O)C1=CN(C(C)=O)[C@@H]2Oc3ccc(O)cc3[C@H]2[C@H]1C. The normalized spacial score (nSPS) is 26.5. The predicted octanol–water partition coefficient (Wildman–Crippen LogP) is 2.17. The zero-order valence-electron chi connectivity index (χ0n) is 12.2. The average Bonchev–Trinajstić information content (AvgIpc) is 2.77. The molecule has 0 radical (unpaired) electrons. The molecule has 0 bridgehead atoms. The van der Waals surface area contributed by atoms with Gasteiger partial charge in [-0.2, -0.15) is 0 Å². The van der Waals surface area contributed by atoms with Crippen molar-refractivity contribution in [2.75, 3.05) is 0 Å². The number of hydrogen-bond donors (Lipinski definition) is 1. The van der Waals surface area contributed by atoms with Crippen molar-refractivity contribution in [1.29, 1.82) is 0 Å². The third-order valence-corrected chi connectivity index (χ3v) is 4.26. The molecule has 0 spiro atoms. The van der Waals surface area contributed by atoms with Gasteiger partial charge in [-0.05, 0) is 31.0 Å². The molecule has 5 heteroatoms. The van der Waals surface area contributed by atoms with E-state index in [4.69, 9.17) is 4.74 Å². The molecule has 0 unspecified atom stereocenters.